The Hall–Kier alpha value is -1.84. The fraction of sp³-hybridized carbons (Fsp3) is 0.429. The highest BCUT2D eigenvalue weighted by molar-refractivity contribution is 5.89. The van der Waals surface area contributed by atoms with Crippen LogP contribution in [0.3, 0.4) is 0 Å². The Morgan fingerprint density at radius 2 is 1.89 bits per heavy atom. The molecule has 0 bridgehead atoms. The van der Waals surface area contributed by atoms with Crippen LogP contribution in [0.5, 0.6) is 0 Å². The van der Waals surface area contributed by atoms with E-state index >= 15 is 0 Å². The van der Waals surface area contributed by atoms with Crippen molar-refractivity contribution in [3.05, 3.63) is 35.4 Å². The zero-order valence-electron chi connectivity index (χ0n) is 10.5. The molecule has 1 aliphatic carbocycles. The second-order valence-electron chi connectivity index (χ2n) is 4.93. The topological polar surface area (TPSA) is 66.4 Å². The predicted octanol–water partition coefficient (Wildman–Crippen LogP) is 1.89. The Morgan fingerprint density at radius 1 is 1.28 bits per heavy atom. The molecular weight excluding hydrogens is 230 g/mol. The molecule has 4 nitrogen and oxygen atoms in total. The number of carboxylic acids is 1. The maximum absolute atomic E-state index is 11.8. The first kappa shape index (κ1) is 12.6. The maximum atomic E-state index is 11.8. The number of aliphatic carboxylic acids is 1. The normalized spacial score (nSPS) is 23.2. The van der Waals surface area contributed by atoms with Crippen LogP contribution in [0.15, 0.2) is 24.3 Å². The number of carbonyl (C=O) groups excluding carboxylic acids is 1. The van der Waals surface area contributed by atoms with Gasteiger partial charge in [0.1, 0.15) is 0 Å². The van der Waals surface area contributed by atoms with Crippen molar-refractivity contribution in [2.75, 3.05) is 0 Å². The van der Waals surface area contributed by atoms with Gasteiger partial charge in [-0.25, -0.2) is 0 Å². The number of carboxylic acid groups (broad SMARTS) is 1. The summed E-state index contributed by atoms with van der Waals surface area (Å²) in [7, 11) is 0. The lowest BCUT2D eigenvalue weighted by molar-refractivity contribution is -0.140. The summed E-state index contributed by atoms with van der Waals surface area (Å²) in [5.41, 5.74) is 2.20. The van der Waals surface area contributed by atoms with Crippen molar-refractivity contribution < 1.29 is 14.7 Å². The molecule has 1 fully saturated rings. The van der Waals surface area contributed by atoms with Crippen LogP contribution >= 0.6 is 0 Å². The molecule has 1 amide bonds. The first-order chi connectivity index (χ1) is 8.49. The third-order valence-corrected chi connectivity index (χ3v) is 3.38. The lowest BCUT2D eigenvalue weighted by Gasteiger charge is -2.14. The Morgan fingerprint density at radius 3 is 2.39 bits per heavy atom. The molecule has 0 aliphatic heterocycles. The van der Waals surface area contributed by atoms with Gasteiger partial charge in [-0.15, -0.1) is 0 Å². The molecule has 4 heteroatoms. The van der Waals surface area contributed by atoms with Crippen molar-refractivity contribution in [1.82, 2.24) is 5.32 Å². The second kappa shape index (κ2) is 4.80. The highest BCUT2D eigenvalue weighted by atomic mass is 16.4. The lowest BCUT2D eigenvalue weighted by atomic mass is 10.1. The molecule has 18 heavy (non-hydrogen) atoms. The van der Waals surface area contributed by atoms with Crippen molar-refractivity contribution in [2.45, 2.75) is 26.3 Å². The molecule has 2 N–H and O–H groups in total. The SMILES string of the molecule is Cc1ccc(C(C)NC(=O)[C@@H]2C[C@@H]2C(=O)O)cc1. The molecule has 1 aromatic carbocycles. The molecule has 3 atom stereocenters. The van der Waals surface area contributed by atoms with Crippen molar-refractivity contribution in [2.24, 2.45) is 11.8 Å². The maximum Gasteiger partial charge on any atom is 0.307 e. The fourth-order valence-corrected chi connectivity index (χ4v) is 2.02. The third kappa shape index (κ3) is 2.70. The third-order valence-electron chi connectivity index (χ3n) is 3.38. The zero-order valence-corrected chi connectivity index (χ0v) is 10.5. The van der Waals surface area contributed by atoms with Crippen LogP contribution in [-0.4, -0.2) is 17.0 Å². The van der Waals surface area contributed by atoms with Gasteiger partial charge in [-0.3, -0.25) is 9.59 Å². The van der Waals surface area contributed by atoms with E-state index in [2.05, 4.69) is 5.32 Å². The van der Waals surface area contributed by atoms with Crippen LogP contribution in [0.1, 0.15) is 30.5 Å². The largest absolute Gasteiger partial charge is 0.481 e. The van der Waals surface area contributed by atoms with Gasteiger partial charge < -0.3 is 10.4 Å². The number of benzene rings is 1. The van der Waals surface area contributed by atoms with Gasteiger partial charge >= 0.3 is 5.97 Å². The molecule has 1 aliphatic rings. The smallest absolute Gasteiger partial charge is 0.307 e. The Bertz CT molecular complexity index is 466. The van der Waals surface area contributed by atoms with Crippen LogP contribution in [0.2, 0.25) is 0 Å². The van der Waals surface area contributed by atoms with Crippen LogP contribution in [0.4, 0.5) is 0 Å². The van der Waals surface area contributed by atoms with E-state index in [1.165, 1.54) is 5.56 Å². The van der Waals surface area contributed by atoms with Gasteiger partial charge in [0.2, 0.25) is 5.91 Å². The van der Waals surface area contributed by atoms with Crippen LogP contribution < -0.4 is 5.32 Å². The minimum absolute atomic E-state index is 0.0897. The quantitative estimate of drug-likeness (QED) is 0.853. The average Bonchev–Trinajstić information content (AvgIpc) is 3.09. The van der Waals surface area contributed by atoms with Crippen LogP contribution in [-0.2, 0) is 9.59 Å². The molecule has 0 heterocycles. The number of amides is 1. The van der Waals surface area contributed by atoms with E-state index in [1.807, 2.05) is 38.1 Å². The molecule has 1 aromatic rings. The van der Waals surface area contributed by atoms with Gasteiger partial charge in [0.05, 0.1) is 17.9 Å². The van der Waals surface area contributed by atoms with Crippen molar-refractivity contribution in [3.63, 3.8) is 0 Å². The molecule has 0 aromatic heterocycles. The summed E-state index contributed by atoms with van der Waals surface area (Å²) in [6, 6.07) is 7.85. The minimum atomic E-state index is -0.877. The molecular formula is C14H17NO3. The highest BCUT2D eigenvalue weighted by Crippen LogP contribution is 2.39. The standard InChI is InChI=1S/C14H17NO3/c1-8-3-5-10(6-4-8)9(2)15-13(16)11-7-12(11)14(17)18/h3-6,9,11-12H,7H2,1-2H3,(H,15,16)(H,17,18)/t9?,11-,12+/m1/s1. The lowest BCUT2D eigenvalue weighted by Crippen LogP contribution is -2.29. The van der Waals surface area contributed by atoms with Crippen molar-refractivity contribution in [3.8, 4) is 0 Å². The van der Waals surface area contributed by atoms with Gasteiger partial charge in [-0.1, -0.05) is 29.8 Å². The molecule has 96 valence electrons. The monoisotopic (exact) mass is 247 g/mol. The van der Waals surface area contributed by atoms with E-state index in [0.29, 0.717) is 6.42 Å². The van der Waals surface area contributed by atoms with E-state index in [-0.39, 0.29) is 17.9 Å². The molecule has 1 unspecified atom stereocenters. The first-order valence-electron chi connectivity index (χ1n) is 6.09. The first-order valence-corrected chi connectivity index (χ1v) is 6.09. The van der Waals surface area contributed by atoms with Gasteiger partial charge in [-0.2, -0.15) is 0 Å². The average molecular weight is 247 g/mol. The molecule has 1 saturated carbocycles. The van der Waals surface area contributed by atoms with Gasteiger partial charge in [0, 0.05) is 0 Å². The Kier molecular flexibility index (Phi) is 3.36. The predicted molar refractivity (Wildman–Crippen MR) is 67.0 cm³/mol. The summed E-state index contributed by atoms with van der Waals surface area (Å²) >= 11 is 0. The Balaban J connectivity index is 1.92. The van der Waals surface area contributed by atoms with Crippen molar-refractivity contribution >= 4 is 11.9 Å². The van der Waals surface area contributed by atoms with Gasteiger partial charge in [0.25, 0.3) is 0 Å². The Labute approximate surface area is 106 Å². The van der Waals surface area contributed by atoms with Crippen LogP contribution in [0.25, 0.3) is 0 Å². The summed E-state index contributed by atoms with van der Waals surface area (Å²) in [6.07, 6.45) is 0.460. The van der Waals surface area contributed by atoms with Gasteiger partial charge in [0.15, 0.2) is 0 Å². The zero-order chi connectivity index (χ0) is 13.3. The minimum Gasteiger partial charge on any atom is -0.481 e. The summed E-state index contributed by atoms with van der Waals surface area (Å²) in [5, 5.41) is 11.6. The summed E-state index contributed by atoms with van der Waals surface area (Å²) in [5.74, 6) is -1.88. The summed E-state index contributed by atoms with van der Waals surface area (Å²) in [6.45, 7) is 3.91. The van der Waals surface area contributed by atoms with Crippen molar-refractivity contribution in [1.29, 1.82) is 0 Å². The summed E-state index contributed by atoms with van der Waals surface area (Å²) < 4.78 is 0. The number of nitrogens with one attached hydrogen (secondary N) is 1. The highest BCUT2D eigenvalue weighted by Gasteiger charge is 2.48. The number of hydrogen-bond donors (Lipinski definition) is 2. The second-order valence-corrected chi connectivity index (χ2v) is 4.93. The van der Waals surface area contributed by atoms with E-state index in [4.69, 9.17) is 5.11 Å². The fourth-order valence-electron chi connectivity index (χ4n) is 2.02. The van der Waals surface area contributed by atoms with Crippen LogP contribution in [0, 0.1) is 18.8 Å². The molecule has 0 saturated heterocycles. The number of rotatable bonds is 4. The number of hydrogen-bond acceptors (Lipinski definition) is 2. The molecule has 2 rings (SSSR count). The van der Waals surface area contributed by atoms with E-state index in [0.717, 1.165) is 5.56 Å². The number of aryl methyl sites for hydroxylation is 1. The van der Waals surface area contributed by atoms with E-state index in [9.17, 15) is 9.59 Å². The van der Waals surface area contributed by atoms with E-state index < -0.39 is 11.9 Å². The summed E-state index contributed by atoms with van der Waals surface area (Å²) in [4.78, 5) is 22.5. The number of carbonyl (C=O) groups is 2. The molecule has 0 spiro atoms. The molecule has 0 radical (unpaired) electrons. The van der Waals surface area contributed by atoms with E-state index in [1.54, 1.807) is 0 Å². The van der Waals surface area contributed by atoms with Gasteiger partial charge in [-0.05, 0) is 25.8 Å².